The molecular weight excluding hydrogens is 266 g/mol. The molecule has 1 unspecified atom stereocenters. The van der Waals surface area contributed by atoms with Crippen LogP contribution in [0.4, 0.5) is 0 Å². The van der Waals surface area contributed by atoms with Crippen molar-refractivity contribution in [1.82, 2.24) is 4.98 Å². The van der Waals surface area contributed by atoms with Crippen LogP contribution in [-0.4, -0.2) is 30.3 Å². The van der Waals surface area contributed by atoms with E-state index >= 15 is 0 Å². The maximum atomic E-state index is 11.9. The van der Waals surface area contributed by atoms with Gasteiger partial charge in [-0.1, -0.05) is 17.7 Å². The fraction of sp³-hybridized carbons (Fsp3) is 0.357. The summed E-state index contributed by atoms with van der Waals surface area (Å²) in [6.45, 7) is 1.18. The molecule has 4 nitrogen and oxygen atoms in total. The number of nitrogens with one attached hydrogen (secondary N) is 1. The van der Waals surface area contributed by atoms with Gasteiger partial charge in [0.15, 0.2) is 0 Å². The first-order valence-electron chi connectivity index (χ1n) is 6.25. The Bertz CT molecular complexity index is 602. The smallest absolute Gasteiger partial charge is 0.310 e. The van der Waals surface area contributed by atoms with Crippen molar-refractivity contribution >= 4 is 28.5 Å². The first-order chi connectivity index (χ1) is 9.22. The predicted molar refractivity (Wildman–Crippen MR) is 72.3 cm³/mol. The van der Waals surface area contributed by atoms with E-state index in [-0.39, 0.29) is 18.5 Å². The Kier molecular flexibility index (Phi) is 3.44. The fourth-order valence-electron chi connectivity index (χ4n) is 2.29. The average molecular weight is 280 g/mol. The van der Waals surface area contributed by atoms with Gasteiger partial charge in [-0.05, 0) is 17.7 Å². The molecule has 1 N–H and O–H groups in total. The maximum Gasteiger partial charge on any atom is 0.310 e. The quantitative estimate of drug-likeness (QED) is 0.879. The topological polar surface area (TPSA) is 51.3 Å². The number of rotatable bonds is 3. The zero-order valence-electron chi connectivity index (χ0n) is 10.3. The molecule has 1 aromatic carbocycles. The Balaban J connectivity index is 1.72. The number of hydrogen-bond acceptors (Lipinski definition) is 3. The minimum absolute atomic E-state index is 0.0906. The highest BCUT2D eigenvalue weighted by Crippen LogP contribution is 2.23. The van der Waals surface area contributed by atoms with E-state index in [2.05, 4.69) is 4.98 Å². The molecule has 1 fully saturated rings. The van der Waals surface area contributed by atoms with Gasteiger partial charge in [0.2, 0.25) is 0 Å². The van der Waals surface area contributed by atoms with Gasteiger partial charge >= 0.3 is 5.97 Å². The summed E-state index contributed by atoms with van der Waals surface area (Å²) in [5, 5.41) is 1.68. The van der Waals surface area contributed by atoms with Crippen molar-refractivity contribution in [3.63, 3.8) is 0 Å². The summed E-state index contributed by atoms with van der Waals surface area (Å²) in [6, 6.07) is 5.57. The maximum absolute atomic E-state index is 11.9. The molecule has 3 rings (SSSR count). The molecule has 2 heterocycles. The van der Waals surface area contributed by atoms with E-state index in [9.17, 15) is 4.79 Å². The van der Waals surface area contributed by atoms with E-state index in [1.807, 2.05) is 24.4 Å². The van der Waals surface area contributed by atoms with E-state index < -0.39 is 0 Å². The number of carbonyl (C=O) groups excluding carboxylic acids is 1. The molecular formula is C14H14ClNO3. The van der Waals surface area contributed by atoms with Gasteiger partial charge in [-0.25, -0.2) is 0 Å². The first kappa shape index (κ1) is 12.5. The number of fused-ring (bicyclic) bond motifs is 1. The molecule has 100 valence electrons. The van der Waals surface area contributed by atoms with Crippen LogP contribution in [0.1, 0.15) is 12.0 Å². The van der Waals surface area contributed by atoms with Crippen molar-refractivity contribution in [2.75, 3.05) is 13.2 Å². The number of ether oxygens (including phenoxy) is 2. The van der Waals surface area contributed by atoms with Gasteiger partial charge in [-0.2, -0.15) is 0 Å². The number of esters is 1. The van der Waals surface area contributed by atoms with E-state index in [4.69, 9.17) is 21.1 Å². The number of aromatic amines is 1. The summed E-state index contributed by atoms with van der Waals surface area (Å²) in [4.78, 5) is 15.0. The number of H-pyrrole nitrogens is 1. The lowest BCUT2D eigenvalue weighted by atomic mass is 10.1. The third-order valence-corrected chi connectivity index (χ3v) is 3.49. The summed E-state index contributed by atoms with van der Waals surface area (Å²) in [7, 11) is 0. The second kappa shape index (κ2) is 5.23. The minimum atomic E-state index is -0.216. The lowest BCUT2D eigenvalue weighted by Gasteiger charge is -2.09. The molecule has 0 bridgehead atoms. The van der Waals surface area contributed by atoms with Crippen molar-refractivity contribution in [1.29, 1.82) is 0 Å². The first-order valence-corrected chi connectivity index (χ1v) is 6.63. The molecule has 0 aliphatic carbocycles. The molecule has 2 aromatic rings. The molecule has 1 aliphatic rings. The van der Waals surface area contributed by atoms with Gasteiger partial charge in [0, 0.05) is 28.5 Å². The van der Waals surface area contributed by atoms with Crippen LogP contribution in [0.25, 0.3) is 10.9 Å². The van der Waals surface area contributed by atoms with Crippen LogP contribution in [-0.2, 0) is 20.7 Å². The summed E-state index contributed by atoms with van der Waals surface area (Å²) in [5.41, 5.74) is 1.86. The molecule has 19 heavy (non-hydrogen) atoms. The largest absolute Gasteiger partial charge is 0.460 e. The highest BCUT2D eigenvalue weighted by molar-refractivity contribution is 6.31. The van der Waals surface area contributed by atoms with Crippen molar-refractivity contribution in [3.8, 4) is 0 Å². The van der Waals surface area contributed by atoms with Crippen LogP contribution in [0.2, 0.25) is 5.02 Å². The van der Waals surface area contributed by atoms with Crippen LogP contribution < -0.4 is 0 Å². The summed E-state index contributed by atoms with van der Waals surface area (Å²) < 4.78 is 10.5. The summed E-state index contributed by atoms with van der Waals surface area (Å²) in [5.74, 6) is -0.216. The molecule has 0 spiro atoms. The van der Waals surface area contributed by atoms with Gasteiger partial charge < -0.3 is 14.5 Å². The van der Waals surface area contributed by atoms with Crippen molar-refractivity contribution in [2.24, 2.45) is 0 Å². The number of benzene rings is 1. The average Bonchev–Trinajstić information content (AvgIpc) is 2.99. The normalized spacial score (nSPS) is 18.9. The molecule has 1 atom stereocenters. The lowest BCUT2D eigenvalue weighted by Crippen LogP contribution is -2.19. The molecule has 1 saturated heterocycles. The molecule has 5 heteroatoms. The monoisotopic (exact) mass is 279 g/mol. The van der Waals surface area contributed by atoms with Crippen LogP contribution in [0.15, 0.2) is 24.4 Å². The van der Waals surface area contributed by atoms with Crippen molar-refractivity contribution in [2.45, 2.75) is 18.9 Å². The standard InChI is InChI=1S/C14H14ClNO3/c15-10-1-2-12-9(7-16-13(12)6-10)5-14(17)19-11-3-4-18-8-11/h1-2,6-7,11,16H,3-5,8H2. The van der Waals surface area contributed by atoms with Gasteiger partial charge in [0.1, 0.15) is 6.10 Å². The van der Waals surface area contributed by atoms with Gasteiger partial charge in [0.05, 0.1) is 19.6 Å². The van der Waals surface area contributed by atoms with Gasteiger partial charge in [0.25, 0.3) is 0 Å². The van der Waals surface area contributed by atoms with Crippen LogP contribution >= 0.6 is 11.6 Å². The second-order valence-corrected chi connectivity index (χ2v) is 5.09. The molecule has 0 saturated carbocycles. The molecule has 1 aromatic heterocycles. The van der Waals surface area contributed by atoms with E-state index in [0.29, 0.717) is 18.2 Å². The summed E-state index contributed by atoms with van der Waals surface area (Å²) >= 11 is 5.92. The Morgan fingerprint density at radius 3 is 3.21 bits per heavy atom. The predicted octanol–water partition coefficient (Wildman–Crippen LogP) is 2.70. The zero-order chi connectivity index (χ0) is 13.2. The van der Waals surface area contributed by atoms with Crippen molar-refractivity contribution in [3.05, 3.63) is 35.0 Å². The third kappa shape index (κ3) is 2.74. The van der Waals surface area contributed by atoms with Crippen LogP contribution in [0, 0.1) is 0 Å². The number of aromatic nitrogens is 1. The molecule has 1 aliphatic heterocycles. The summed E-state index contributed by atoms with van der Waals surface area (Å²) in [6.07, 6.45) is 2.79. The van der Waals surface area contributed by atoms with E-state index in [1.165, 1.54) is 0 Å². The van der Waals surface area contributed by atoms with E-state index in [0.717, 1.165) is 22.9 Å². The Morgan fingerprint density at radius 2 is 2.42 bits per heavy atom. The van der Waals surface area contributed by atoms with Crippen LogP contribution in [0.5, 0.6) is 0 Å². The Labute approximate surface area is 115 Å². The highest BCUT2D eigenvalue weighted by Gasteiger charge is 2.20. The minimum Gasteiger partial charge on any atom is -0.460 e. The number of carbonyl (C=O) groups is 1. The molecule has 0 radical (unpaired) electrons. The lowest BCUT2D eigenvalue weighted by molar-refractivity contribution is -0.148. The number of halogens is 1. The van der Waals surface area contributed by atoms with Gasteiger partial charge in [-0.15, -0.1) is 0 Å². The van der Waals surface area contributed by atoms with Crippen molar-refractivity contribution < 1.29 is 14.3 Å². The third-order valence-electron chi connectivity index (χ3n) is 3.25. The van der Waals surface area contributed by atoms with E-state index in [1.54, 1.807) is 0 Å². The zero-order valence-corrected chi connectivity index (χ0v) is 11.1. The second-order valence-electron chi connectivity index (χ2n) is 4.66. The van der Waals surface area contributed by atoms with Gasteiger partial charge in [-0.3, -0.25) is 4.79 Å². The molecule has 0 amide bonds. The van der Waals surface area contributed by atoms with Crippen LogP contribution in [0.3, 0.4) is 0 Å². The Hall–Kier alpha value is -1.52. The highest BCUT2D eigenvalue weighted by atomic mass is 35.5. The SMILES string of the molecule is O=C(Cc1c[nH]c2cc(Cl)ccc12)OC1CCOC1. The number of hydrogen-bond donors (Lipinski definition) is 1. The Morgan fingerprint density at radius 1 is 1.53 bits per heavy atom. The fourth-order valence-corrected chi connectivity index (χ4v) is 2.47.